The van der Waals surface area contributed by atoms with E-state index >= 15 is 0 Å². The van der Waals surface area contributed by atoms with Gasteiger partial charge in [0.15, 0.2) is 3.68 Å². The molecular weight excluding hydrogens is 260 g/mol. The maximum atomic E-state index is 13.3. The molecule has 1 rings (SSSR count). The average Bonchev–Trinajstić information content (AvgIpc) is 1.85. The van der Waals surface area contributed by atoms with Crippen molar-refractivity contribution in [2.45, 2.75) is 23.4 Å². The van der Waals surface area contributed by atoms with Gasteiger partial charge in [0.25, 0.3) is 0 Å². The summed E-state index contributed by atoms with van der Waals surface area (Å²) in [6, 6.07) is 0. The largest absolute Gasteiger partial charge is 0.339 e. The van der Waals surface area contributed by atoms with Crippen LogP contribution in [0.3, 0.4) is 0 Å². The van der Waals surface area contributed by atoms with Gasteiger partial charge in [-0.3, -0.25) is 4.79 Å². The number of carbonyl (C=O) groups is 1. The van der Waals surface area contributed by atoms with Crippen molar-refractivity contribution in [3.05, 3.63) is 0 Å². The zero-order chi connectivity index (χ0) is 8.48. The first kappa shape index (κ1) is 9.22. The summed E-state index contributed by atoms with van der Waals surface area (Å²) in [4.78, 5) is 12.4. The third-order valence-corrected chi connectivity index (χ3v) is 2.72. The van der Waals surface area contributed by atoms with Gasteiger partial charge in [-0.2, -0.15) is 0 Å². The van der Waals surface area contributed by atoms with E-state index < -0.39 is 3.68 Å². The Labute approximate surface area is 79.3 Å². The van der Waals surface area contributed by atoms with Gasteiger partial charge in [-0.05, 0) is 35.4 Å². The summed E-state index contributed by atoms with van der Waals surface area (Å²) in [6.45, 7) is 2.45. The van der Waals surface area contributed by atoms with Crippen LogP contribution in [-0.4, -0.2) is 27.6 Å². The van der Waals surface area contributed by atoms with Gasteiger partial charge in [-0.1, -0.05) is 0 Å². The van der Waals surface area contributed by atoms with Crippen molar-refractivity contribution >= 4 is 28.5 Å². The lowest BCUT2D eigenvalue weighted by molar-refractivity contribution is -0.131. The maximum Gasteiger partial charge on any atom is 0.219 e. The van der Waals surface area contributed by atoms with Gasteiger partial charge in [-0.15, -0.1) is 0 Å². The Morgan fingerprint density at radius 2 is 2.36 bits per heavy atom. The lowest BCUT2D eigenvalue weighted by Gasteiger charge is -2.33. The van der Waals surface area contributed by atoms with Gasteiger partial charge in [0.1, 0.15) is 0 Å². The summed E-state index contributed by atoms with van der Waals surface area (Å²) in [5, 5.41) is 0. The molecule has 0 aromatic carbocycles. The number of nitrogens with zero attached hydrogens (tertiary/aromatic N) is 1. The zero-order valence-corrected chi connectivity index (χ0v) is 8.60. The second-order valence-electron chi connectivity index (χ2n) is 2.90. The molecule has 1 unspecified atom stereocenters. The van der Waals surface area contributed by atoms with E-state index in [2.05, 4.69) is 0 Å². The molecule has 0 aromatic heterocycles. The third-order valence-electron chi connectivity index (χ3n) is 1.84. The summed E-state index contributed by atoms with van der Waals surface area (Å²) < 4.78 is 12.1. The van der Waals surface area contributed by atoms with E-state index in [9.17, 15) is 9.18 Å². The SMILES string of the molecule is CC(=O)N1CCCC(F)(I)C1. The second kappa shape index (κ2) is 3.25. The first-order chi connectivity index (χ1) is 5.01. The molecule has 1 atom stereocenters. The molecule has 1 heterocycles. The molecule has 1 saturated heterocycles. The Kier molecular flexibility index (Phi) is 2.72. The summed E-state index contributed by atoms with van der Waals surface area (Å²) in [6.07, 6.45) is 1.34. The van der Waals surface area contributed by atoms with Crippen molar-refractivity contribution in [1.82, 2.24) is 4.90 Å². The van der Waals surface area contributed by atoms with Crippen molar-refractivity contribution < 1.29 is 9.18 Å². The Hall–Kier alpha value is 0.130. The highest BCUT2D eigenvalue weighted by Crippen LogP contribution is 2.31. The highest BCUT2D eigenvalue weighted by molar-refractivity contribution is 14.1. The molecule has 0 bridgehead atoms. The number of carbonyl (C=O) groups excluding carboxylic acids is 1. The number of hydrogen-bond donors (Lipinski definition) is 0. The van der Waals surface area contributed by atoms with E-state index in [1.54, 1.807) is 27.5 Å². The molecule has 1 aliphatic heterocycles. The summed E-state index contributed by atoms with van der Waals surface area (Å²) in [7, 11) is 0. The van der Waals surface area contributed by atoms with Gasteiger partial charge in [0.05, 0.1) is 6.54 Å². The first-order valence-electron chi connectivity index (χ1n) is 3.65. The predicted octanol–water partition coefficient (Wildman–Crippen LogP) is 1.73. The average molecular weight is 271 g/mol. The molecule has 1 fully saturated rings. The number of rotatable bonds is 0. The molecule has 2 nitrogen and oxygen atoms in total. The van der Waals surface area contributed by atoms with Gasteiger partial charge in [0, 0.05) is 13.5 Å². The van der Waals surface area contributed by atoms with Crippen LogP contribution in [0.15, 0.2) is 0 Å². The normalized spacial score (nSPS) is 32.1. The molecular formula is C7H11FINO. The molecule has 1 aliphatic rings. The highest BCUT2D eigenvalue weighted by atomic mass is 127. The van der Waals surface area contributed by atoms with Crippen LogP contribution in [0.1, 0.15) is 19.8 Å². The Bertz CT molecular complexity index is 172. The van der Waals surface area contributed by atoms with Crippen LogP contribution in [-0.2, 0) is 4.79 Å². The molecule has 1 amide bonds. The molecule has 0 aliphatic carbocycles. The number of likely N-dealkylation sites (tertiary alicyclic amines) is 1. The molecule has 0 N–H and O–H groups in total. The van der Waals surface area contributed by atoms with Crippen LogP contribution >= 0.6 is 22.6 Å². The van der Waals surface area contributed by atoms with Gasteiger partial charge < -0.3 is 4.90 Å². The number of hydrogen-bond acceptors (Lipinski definition) is 1. The van der Waals surface area contributed by atoms with E-state index in [0.29, 0.717) is 13.0 Å². The smallest absolute Gasteiger partial charge is 0.219 e. The number of halogens is 2. The monoisotopic (exact) mass is 271 g/mol. The Balaban J connectivity index is 2.53. The fourth-order valence-corrected chi connectivity index (χ4v) is 2.03. The van der Waals surface area contributed by atoms with Crippen molar-refractivity contribution in [1.29, 1.82) is 0 Å². The number of piperidine rings is 1. The topological polar surface area (TPSA) is 20.3 Å². The fraction of sp³-hybridized carbons (Fsp3) is 0.857. The molecule has 4 heteroatoms. The van der Waals surface area contributed by atoms with Crippen LogP contribution in [0.5, 0.6) is 0 Å². The lowest BCUT2D eigenvalue weighted by atomic mass is 10.1. The quantitative estimate of drug-likeness (QED) is 0.485. The lowest BCUT2D eigenvalue weighted by Crippen LogP contribution is -2.43. The molecule has 11 heavy (non-hydrogen) atoms. The van der Waals surface area contributed by atoms with Crippen molar-refractivity contribution in [2.75, 3.05) is 13.1 Å². The molecule has 0 aromatic rings. The molecule has 0 spiro atoms. The van der Waals surface area contributed by atoms with Crippen LogP contribution in [0.4, 0.5) is 4.39 Å². The van der Waals surface area contributed by atoms with Crippen molar-refractivity contribution in [3.8, 4) is 0 Å². The predicted molar refractivity (Wildman–Crippen MR) is 49.3 cm³/mol. The van der Waals surface area contributed by atoms with Gasteiger partial charge >= 0.3 is 0 Å². The zero-order valence-electron chi connectivity index (χ0n) is 6.44. The standard InChI is InChI=1S/C7H11FINO/c1-6(11)10-4-2-3-7(8,9)5-10/h2-5H2,1H3. The fourth-order valence-electron chi connectivity index (χ4n) is 1.23. The minimum atomic E-state index is -1.19. The second-order valence-corrected chi connectivity index (χ2v) is 4.83. The molecule has 0 saturated carbocycles. The van der Waals surface area contributed by atoms with E-state index in [1.165, 1.54) is 6.92 Å². The third kappa shape index (κ3) is 2.57. The van der Waals surface area contributed by atoms with E-state index in [0.717, 1.165) is 6.42 Å². The Morgan fingerprint density at radius 1 is 1.73 bits per heavy atom. The first-order valence-corrected chi connectivity index (χ1v) is 4.72. The molecule has 0 radical (unpaired) electrons. The van der Waals surface area contributed by atoms with Gasteiger partial charge in [0.2, 0.25) is 5.91 Å². The summed E-state index contributed by atoms with van der Waals surface area (Å²) in [5.41, 5.74) is 0. The van der Waals surface area contributed by atoms with Crippen LogP contribution < -0.4 is 0 Å². The minimum absolute atomic E-state index is 0.0246. The van der Waals surface area contributed by atoms with E-state index in [-0.39, 0.29) is 12.5 Å². The van der Waals surface area contributed by atoms with Crippen LogP contribution in [0.2, 0.25) is 0 Å². The van der Waals surface area contributed by atoms with Crippen molar-refractivity contribution in [2.24, 2.45) is 0 Å². The van der Waals surface area contributed by atoms with Crippen LogP contribution in [0, 0.1) is 0 Å². The molecule has 64 valence electrons. The maximum absolute atomic E-state index is 13.3. The van der Waals surface area contributed by atoms with E-state index in [1.807, 2.05) is 0 Å². The minimum Gasteiger partial charge on any atom is -0.339 e. The number of amides is 1. The Morgan fingerprint density at radius 3 is 2.73 bits per heavy atom. The van der Waals surface area contributed by atoms with Crippen molar-refractivity contribution in [3.63, 3.8) is 0 Å². The van der Waals surface area contributed by atoms with E-state index in [4.69, 9.17) is 0 Å². The summed E-state index contributed by atoms with van der Waals surface area (Å²) in [5.74, 6) is -0.0246. The summed E-state index contributed by atoms with van der Waals surface area (Å²) >= 11 is 1.78. The highest BCUT2D eigenvalue weighted by Gasteiger charge is 2.33. The number of alkyl halides is 2. The van der Waals surface area contributed by atoms with Gasteiger partial charge in [-0.25, -0.2) is 4.39 Å². The van der Waals surface area contributed by atoms with Crippen LogP contribution in [0.25, 0.3) is 0 Å².